The third-order valence-corrected chi connectivity index (χ3v) is 3.31. The van der Waals surface area contributed by atoms with Crippen LogP contribution in [0.25, 0.3) is 0 Å². The lowest BCUT2D eigenvalue weighted by molar-refractivity contribution is 0.0516. The molecule has 0 bridgehead atoms. The van der Waals surface area contributed by atoms with E-state index in [-0.39, 0.29) is 22.2 Å². The average Bonchev–Trinajstić information content (AvgIpc) is 2.32. The number of oxime groups is 1. The van der Waals surface area contributed by atoms with Gasteiger partial charge in [-0.15, -0.1) is 11.6 Å². The topological polar surface area (TPSA) is 38.7 Å². The zero-order valence-electron chi connectivity index (χ0n) is 8.67. The Balaban J connectivity index is 2.79. The number of carbonyl (C=O) groups excluding carboxylic acids is 1. The number of benzene rings is 1. The second-order valence-corrected chi connectivity index (χ2v) is 5.20. The summed E-state index contributed by atoms with van der Waals surface area (Å²) in [5.41, 5.74) is 0.330. The van der Waals surface area contributed by atoms with Crippen molar-refractivity contribution >= 4 is 69.7 Å². The zero-order chi connectivity index (χ0) is 13.7. The first kappa shape index (κ1) is 15.9. The summed E-state index contributed by atoms with van der Waals surface area (Å²) in [4.78, 5) is 15.3. The van der Waals surface area contributed by atoms with Crippen LogP contribution >= 0.6 is 58.0 Å². The van der Waals surface area contributed by atoms with Crippen molar-refractivity contribution in [2.24, 2.45) is 5.16 Å². The number of nitrogens with zero attached hydrogens (tertiary/aromatic N) is 1. The molecule has 0 aliphatic carbocycles. The van der Waals surface area contributed by atoms with Gasteiger partial charge >= 0.3 is 5.97 Å². The Labute approximate surface area is 129 Å². The van der Waals surface area contributed by atoms with E-state index in [1.807, 2.05) is 0 Å². The SMILES string of the molecule is O=C(O/N=C(\CCl)C(Cl)Cl)c1ccc(Cl)c(Cl)c1. The lowest BCUT2D eigenvalue weighted by Gasteiger charge is -2.03. The van der Waals surface area contributed by atoms with Gasteiger partial charge in [-0.2, -0.15) is 0 Å². The normalized spacial score (nSPS) is 11.8. The van der Waals surface area contributed by atoms with Crippen LogP contribution in [0, 0.1) is 0 Å². The predicted molar refractivity (Wildman–Crippen MR) is 75.5 cm³/mol. The minimum absolute atomic E-state index is 0.0493. The van der Waals surface area contributed by atoms with Crippen LogP contribution in [0.4, 0.5) is 0 Å². The summed E-state index contributed by atoms with van der Waals surface area (Å²) in [6.45, 7) is 0. The molecular weight excluding hydrogens is 343 g/mol. The van der Waals surface area contributed by atoms with Crippen LogP contribution in [0.5, 0.6) is 0 Å². The first-order chi connectivity index (χ1) is 8.45. The highest BCUT2D eigenvalue weighted by Gasteiger charge is 2.13. The Morgan fingerprint density at radius 3 is 2.44 bits per heavy atom. The standard InChI is InChI=1S/C10H6Cl5NO2/c11-4-8(9(14)15)16-18-10(17)5-1-2-6(12)7(13)3-5/h1-3,9H,4H2/b16-8+. The van der Waals surface area contributed by atoms with Crippen molar-refractivity contribution in [1.29, 1.82) is 0 Å². The van der Waals surface area contributed by atoms with Crippen molar-refractivity contribution < 1.29 is 9.63 Å². The van der Waals surface area contributed by atoms with E-state index in [1.54, 1.807) is 0 Å². The van der Waals surface area contributed by atoms with E-state index in [4.69, 9.17) is 58.0 Å². The van der Waals surface area contributed by atoms with Gasteiger partial charge in [-0.05, 0) is 18.2 Å². The summed E-state index contributed by atoms with van der Waals surface area (Å²) in [7, 11) is 0. The van der Waals surface area contributed by atoms with Gasteiger partial charge in [0.05, 0.1) is 21.5 Å². The molecular formula is C10H6Cl5NO2. The van der Waals surface area contributed by atoms with E-state index in [1.165, 1.54) is 18.2 Å². The van der Waals surface area contributed by atoms with Gasteiger partial charge in [0, 0.05) is 0 Å². The van der Waals surface area contributed by atoms with Crippen LogP contribution in [0.3, 0.4) is 0 Å². The van der Waals surface area contributed by atoms with Crippen LogP contribution in [0.15, 0.2) is 23.4 Å². The highest BCUT2D eigenvalue weighted by molar-refractivity contribution is 6.56. The van der Waals surface area contributed by atoms with Crippen molar-refractivity contribution in [3.05, 3.63) is 33.8 Å². The maximum Gasteiger partial charge on any atom is 0.365 e. The smallest absolute Gasteiger partial charge is 0.313 e. The number of rotatable bonds is 4. The maximum absolute atomic E-state index is 11.6. The Bertz CT molecular complexity index is 475. The summed E-state index contributed by atoms with van der Waals surface area (Å²) in [5, 5.41) is 4.03. The van der Waals surface area contributed by atoms with Gasteiger partial charge in [0.1, 0.15) is 10.5 Å². The van der Waals surface area contributed by atoms with Crippen molar-refractivity contribution in [1.82, 2.24) is 0 Å². The second-order valence-electron chi connectivity index (χ2n) is 3.02. The van der Waals surface area contributed by atoms with Gasteiger partial charge < -0.3 is 4.84 Å². The van der Waals surface area contributed by atoms with E-state index in [2.05, 4.69) is 9.99 Å². The fourth-order valence-corrected chi connectivity index (χ4v) is 1.79. The Morgan fingerprint density at radius 2 is 1.94 bits per heavy atom. The van der Waals surface area contributed by atoms with E-state index >= 15 is 0 Å². The molecule has 0 saturated heterocycles. The summed E-state index contributed by atoms with van der Waals surface area (Å²) in [6.07, 6.45) is 0. The van der Waals surface area contributed by atoms with Gasteiger partial charge in [0.25, 0.3) is 0 Å². The van der Waals surface area contributed by atoms with Gasteiger partial charge in [0.2, 0.25) is 0 Å². The summed E-state index contributed by atoms with van der Waals surface area (Å²) >= 11 is 28.1. The maximum atomic E-state index is 11.6. The van der Waals surface area contributed by atoms with Gasteiger partial charge in [-0.3, -0.25) is 0 Å². The molecule has 1 aromatic rings. The first-order valence-corrected chi connectivity index (χ1v) is 6.69. The fraction of sp³-hybridized carbons (Fsp3) is 0.200. The molecule has 0 aromatic heterocycles. The molecule has 0 spiro atoms. The quantitative estimate of drug-likeness (QED) is 0.346. The first-order valence-electron chi connectivity index (χ1n) is 4.53. The number of alkyl halides is 3. The minimum Gasteiger partial charge on any atom is -0.313 e. The van der Waals surface area contributed by atoms with Crippen LogP contribution in [0.2, 0.25) is 10.0 Å². The fourth-order valence-electron chi connectivity index (χ4n) is 0.898. The van der Waals surface area contributed by atoms with Crippen LogP contribution in [-0.2, 0) is 4.84 Å². The Hall–Kier alpha value is -0.190. The van der Waals surface area contributed by atoms with Crippen LogP contribution in [-0.4, -0.2) is 22.4 Å². The summed E-state index contributed by atoms with van der Waals surface area (Å²) in [5.74, 6) is -0.767. The second kappa shape index (κ2) is 7.41. The lowest BCUT2D eigenvalue weighted by atomic mass is 10.2. The number of carbonyl (C=O) groups is 1. The molecule has 0 heterocycles. The molecule has 0 aliphatic rings. The van der Waals surface area contributed by atoms with E-state index in [0.717, 1.165) is 0 Å². The molecule has 8 heteroatoms. The molecule has 0 amide bonds. The molecule has 98 valence electrons. The van der Waals surface area contributed by atoms with Crippen molar-refractivity contribution in [2.45, 2.75) is 4.84 Å². The molecule has 0 atom stereocenters. The van der Waals surface area contributed by atoms with Gasteiger partial charge in [-0.1, -0.05) is 51.6 Å². The van der Waals surface area contributed by atoms with Crippen LogP contribution in [0.1, 0.15) is 10.4 Å². The average molecular weight is 349 g/mol. The zero-order valence-corrected chi connectivity index (χ0v) is 12.4. The summed E-state index contributed by atoms with van der Waals surface area (Å²) < 4.78 is 0. The molecule has 0 radical (unpaired) electrons. The van der Waals surface area contributed by atoms with Gasteiger partial charge in [0.15, 0.2) is 0 Å². The third kappa shape index (κ3) is 4.48. The highest BCUT2D eigenvalue weighted by atomic mass is 35.5. The summed E-state index contributed by atoms with van der Waals surface area (Å²) in [6, 6.07) is 4.28. The highest BCUT2D eigenvalue weighted by Crippen LogP contribution is 2.23. The van der Waals surface area contributed by atoms with Crippen molar-refractivity contribution in [3.63, 3.8) is 0 Å². The largest absolute Gasteiger partial charge is 0.365 e. The molecule has 0 aliphatic heterocycles. The third-order valence-electron chi connectivity index (χ3n) is 1.79. The van der Waals surface area contributed by atoms with E-state index in [0.29, 0.717) is 5.02 Å². The molecule has 18 heavy (non-hydrogen) atoms. The van der Waals surface area contributed by atoms with E-state index < -0.39 is 10.8 Å². The molecule has 3 nitrogen and oxygen atoms in total. The molecule has 1 rings (SSSR count). The van der Waals surface area contributed by atoms with Gasteiger partial charge in [-0.25, -0.2) is 4.79 Å². The molecule has 0 saturated carbocycles. The van der Waals surface area contributed by atoms with Crippen molar-refractivity contribution in [3.8, 4) is 0 Å². The molecule has 0 unspecified atom stereocenters. The molecule has 0 N–H and O–H groups in total. The van der Waals surface area contributed by atoms with Crippen molar-refractivity contribution in [2.75, 3.05) is 5.88 Å². The Morgan fingerprint density at radius 1 is 1.28 bits per heavy atom. The predicted octanol–water partition coefficient (Wildman–Crippen LogP) is 4.55. The minimum atomic E-state index is -0.941. The number of hydrogen-bond donors (Lipinski definition) is 0. The van der Waals surface area contributed by atoms with Crippen LogP contribution < -0.4 is 0 Å². The molecule has 0 fully saturated rings. The number of halogens is 5. The monoisotopic (exact) mass is 347 g/mol. The van der Waals surface area contributed by atoms with E-state index in [9.17, 15) is 4.79 Å². The number of hydrogen-bond acceptors (Lipinski definition) is 3. The molecule has 1 aromatic carbocycles. The lowest BCUT2D eigenvalue weighted by Crippen LogP contribution is -2.12. The Kier molecular flexibility index (Phi) is 6.53.